The van der Waals surface area contributed by atoms with Gasteiger partial charge in [0.1, 0.15) is 4.90 Å². The number of rotatable bonds is 6. The molecule has 1 aromatic rings. The summed E-state index contributed by atoms with van der Waals surface area (Å²) in [5.41, 5.74) is -0.464. The molecule has 0 unspecified atom stereocenters. The van der Waals surface area contributed by atoms with Crippen molar-refractivity contribution in [3.63, 3.8) is 0 Å². The highest BCUT2D eigenvalue weighted by molar-refractivity contribution is 8.13. The average Bonchev–Trinajstić information content (AvgIpc) is 2.33. The minimum absolute atomic E-state index is 0.0875. The van der Waals surface area contributed by atoms with Crippen molar-refractivity contribution in [2.45, 2.75) is 30.8 Å². The lowest BCUT2D eigenvalue weighted by molar-refractivity contribution is 0.00508. The molecule has 0 fully saturated rings. The third kappa shape index (κ3) is 4.29. The Hall–Kier alpha value is -0.920. The lowest BCUT2D eigenvalue weighted by Gasteiger charge is -2.22. The minimum atomic E-state index is -4.34. The van der Waals surface area contributed by atoms with Crippen LogP contribution in [0, 0.1) is 11.6 Å². The molecular formula is C12H15ClF2O4S. The summed E-state index contributed by atoms with van der Waals surface area (Å²) in [6.07, 6.45) is 0.445. The van der Waals surface area contributed by atoms with Gasteiger partial charge in [-0.1, -0.05) is 0 Å². The van der Waals surface area contributed by atoms with E-state index in [9.17, 15) is 17.2 Å². The molecule has 0 radical (unpaired) electrons. The van der Waals surface area contributed by atoms with Crippen LogP contribution < -0.4 is 4.74 Å². The first-order valence-electron chi connectivity index (χ1n) is 5.69. The minimum Gasteiger partial charge on any atom is -0.490 e. The molecule has 0 heterocycles. The lowest BCUT2D eigenvalue weighted by atomic mass is 10.1. The molecule has 1 aromatic carbocycles. The smallest absolute Gasteiger partial charge is 0.264 e. The van der Waals surface area contributed by atoms with Crippen LogP contribution in [0.1, 0.15) is 20.3 Å². The van der Waals surface area contributed by atoms with E-state index in [-0.39, 0.29) is 12.4 Å². The summed E-state index contributed by atoms with van der Waals surface area (Å²) in [6, 6.07) is 1.88. The van der Waals surface area contributed by atoms with Gasteiger partial charge in [0.2, 0.25) is 5.82 Å². The Balaban J connectivity index is 2.87. The van der Waals surface area contributed by atoms with E-state index in [0.717, 1.165) is 12.1 Å². The van der Waals surface area contributed by atoms with E-state index in [1.165, 1.54) is 7.11 Å². The van der Waals surface area contributed by atoms with Gasteiger partial charge in [0, 0.05) is 24.2 Å². The summed E-state index contributed by atoms with van der Waals surface area (Å²) in [5, 5.41) is 0. The van der Waals surface area contributed by atoms with Gasteiger partial charge in [-0.3, -0.25) is 0 Å². The zero-order chi connectivity index (χ0) is 15.6. The summed E-state index contributed by atoms with van der Waals surface area (Å²) < 4.78 is 59.4. The Labute approximate surface area is 121 Å². The van der Waals surface area contributed by atoms with Crippen LogP contribution in [0.4, 0.5) is 8.78 Å². The number of methoxy groups -OCH3 is 1. The zero-order valence-electron chi connectivity index (χ0n) is 11.2. The summed E-state index contributed by atoms with van der Waals surface area (Å²) in [6.45, 7) is 3.72. The molecular weight excluding hydrogens is 314 g/mol. The van der Waals surface area contributed by atoms with Crippen molar-refractivity contribution in [1.29, 1.82) is 0 Å². The maximum atomic E-state index is 13.6. The third-order valence-electron chi connectivity index (χ3n) is 2.79. The number of ether oxygens (including phenoxy) is 2. The number of halogens is 3. The van der Waals surface area contributed by atoms with Crippen LogP contribution in [0.15, 0.2) is 17.0 Å². The lowest BCUT2D eigenvalue weighted by Crippen LogP contribution is -2.25. The van der Waals surface area contributed by atoms with Gasteiger partial charge in [-0.05, 0) is 26.0 Å². The van der Waals surface area contributed by atoms with E-state index in [2.05, 4.69) is 0 Å². The van der Waals surface area contributed by atoms with Crippen LogP contribution in [0.25, 0.3) is 0 Å². The van der Waals surface area contributed by atoms with Crippen LogP contribution in [0.5, 0.6) is 5.75 Å². The van der Waals surface area contributed by atoms with Crippen molar-refractivity contribution in [3.05, 3.63) is 23.8 Å². The summed E-state index contributed by atoms with van der Waals surface area (Å²) >= 11 is 0. The molecule has 0 atom stereocenters. The first-order chi connectivity index (χ1) is 9.08. The van der Waals surface area contributed by atoms with Gasteiger partial charge in [-0.25, -0.2) is 12.8 Å². The Bertz CT molecular complexity index is 587. The predicted octanol–water partition coefficient (Wildman–Crippen LogP) is 3.09. The first-order valence-corrected chi connectivity index (χ1v) is 8.00. The van der Waals surface area contributed by atoms with Gasteiger partial charge in [-0.15, -0.1) is 0 Å². The highest BCUT2D eigenvalue weighted by Crippen LogP contribution is 2.28. The second-order valence-corrected chi connectivity index (χ2v) is 7.22. The molecule has 1 rings (SSSR count). The highest BCUT2D eigenvalue weighted by Gasteiger charge is 2.23. The molecule has 0 saturated heterocycles. The SMILES string of the molecule is COC(C)(C)CCOc1ccc(S(=O)(=O)Cl)c(F)c1F. The van der Waals surface area contributed by atoms with Gasteiger partial charge in [0.25, 0.3) is 9.05 Å². The first kappa shape index (κ1) is 17.1. The van der Waals surface area contributed by atoms with Gasteiger partial charge in [-0.2, -0.15) is 4.39 Å². The second-order valence-electron chi connectivity index (χ2n) is 4.69. The number of benzene rings is 1. The van der Waals surface area contributed by atoms with Crippen molar-refractivity contribution in [3.8, 4) is 5.75 Å². The average molecular weight is 329 g/mol. The van der Waals surface area contributed by atoms with Gasteiger partial charge in [0.05, 0.1) is 12.2 Å². The molecule has 0 aromatic heterocycles. The van der Waals surface area contributed by atoms with E-state index in [0.29, 0.717) is 6.42 Å². The van der Waals surface area contributed by atoms with Crippen molar-refractivity contribution in [2.24, 2.45) is 0 Å². The van der Waals surface area contributed by atoms with Crippen LogP contribution in [0.3, 0.4) is 0 Å². The third-order valence-corrected chi connectivity index (χ3v) is 4.13. The van der Waals surface area contributed by atoms with Crippen molar-refractivity contribution in [2.75, 3.05) is 13.7 Å². The molecule has 20 heavy (non-hydrogen) atoms. The maximum Gasteiger partial charge on any atom is 0.264 e. The van der Waals surface area contributed by atoms with Crippen LogP contribution in [-0.4, -0.2) is 27.7 Å². The number of hydrogen-bond acceptors (Lipinski definition) is 4. The quantitative estimate of drug-likeness (QED) is 0.753. The predicted molar refractivity (Wildman–Crippen MR) is 70.6 cm³/mol. The molecule has 0 saturated carbocycles. The Morgan fingerprint density at radius 3 is 2.35 bits per heavy atom. The fourth-order valence-corrected chi connectivity index (χ4v) is 2.21. The van der Waals surface area contributed by atoms with E-state index < -0.39 is 31.2 Å². The van der Waals surface area contributed by atoms with Crippen molar-refractivity contribution in [1.82, 2.24) is 0 Å². The summed E-state index contributed by atoms with van der Waals surface area (Å²) in [5.74, 6) is -3.32. The van der Waals surface area contributed by atoms with Crippen LogP contribution in [-0.2, 0) is 13.8 Å². The van der Waals surface area contributed by atoms with Gasteiger partial charge in [0.15, 0.2) is 11.6 Å². The molecule has 0 aliphatic rings. The van der Waals surface area contributed by atoms with Crippen LogP contribution in [0.2, 0.25) is 0 Å². The van der Waals surface area contributed by atoms with Gasteiger partial charge < -0.3 is 9.47 Å². The molecule has 4 nitrogen and oxygen atoms in total. The highest BCUT2D eigenvalue weighted by atomic mass is 35.7. The molecule has 0 bridgehead atoms. The molecule has 0 N–H and O–H groups in total. The van der Waals surface area contributed by atoms with Crippen molar-refractivity contribution >= 4 is 19.7 Å². The Kier molecular flexibility index (Phi) is 5.34. The standard InChI is InChI=1S/C12H15ClF2O4S/c1-12(2,18-3)6-7-19-8-4-5-9(20(13,16)17)11(15)10(8)14/h4-5H,6-7H2,1-3H3. The zero-order valence-corrected chi connectivity index (χ0v) is 12.8. The van der Waals surface area contributed by atoms with E-state index >= 15 is 0 Å². The molecule has 0 aliphatic carbocycles. The van der Waals surface area contributed by atoms with E-state index in [4.69, 9.17) is 20.2 Å². The van der Waals surface area contributed by atoms with Gasteiger partial charge >= 0.3 is 0 Å². The largest absolute Gasteiger partial charge is 0.490 e. The second kappa shape index (κ2) is 6.24. The summed E-state index contributed by atoms with van der Waals surface area (Å²) in [4.78, 5) is -0.916. The fraction of sp³-hybridized carbons (Fsp3) is 0.500. The molecule has 0 aliphatic heterocycles. The fourth-order valence-electron chi connectivity index (χ4n) is 1.32. The monoisotopic (exact) mass is 328 g/mol. The Morgan fingerprint density at radius 1 is 1.25 bits per heavy atom. The van der Waals surface area contributed by atoms with Crippen molar-refractivity contribution < 1.29 is 26.7 Å². The maximum absolute atomic E-state index is 13.6. The molecule has 0 spiro atoms. The molecule has 114 valence electrons. The molecule has 8 heteroatoms. The van der Waals surface area contributed by atoms with E-state index in [1.807, 2.05) is 13.8 Å². The summed E-state index contributed by atoms with van der Waals surface area (Å²) in [7, 11) is 2.17. The topological polar surface area (TPSA) is 52.6 Å². The van der Waals surface area contributed by atoms with E-state index in [1.54, 1.807) is 0 Å². The number of hydrogen-bond donors (Lipinski definition) is 0. The van der Waals surface area contributed by atoms with Crippen LogP contribution >= 0.6 is 10.7 Å². The molecule has 0 amide bonds. The Morgan fingerprint density at radius 2 is 1.85 bits per heavy atom. The normalized spacial score (nSPS) is 12.5.